The van der Waals surface area contributed by atoms with E-state index < -0.39 is 0 Å². The number of nitrogen functional groups attached to an aromatic ring is 1. The van der Waals surface area contributed by atoms with Crippen molar-refractivity contribution in [3.05, 3.63) is 5.82 Å². The van der Waals surface area contributed by atoms with Crippen LogP contribution in [0.2, 0.25) is 0 Å². The molecule has 0 aromatic carbocycles. The molecule has 56 valence electrons. The number of nitrogens with one attached hydrogen (secondary N) is 1. The molecule has 5 heteroatoms. The van der Waals surface area contributed by atoms with Crippen molar-refractivity contribution in [2.45, 2.75) is 18.6 Å². The van der Waals surface area contributed by atoms with Gasteiger partial charge in [-0.25, -0.2) is 0 Å². The maximum atomic E-state index is 5.28. The number of H-pyrrole nitrogens is 1. The Kier molecular flexibility index (Phi) is 2.16. The van der Waals surface area contributed by atoms with E-state index in [9.17, 15) is 0 Å². The molecule has 0 spiro atoms. The summed E-state index contributed by atoms with van der Waals surface area (Å²) in [4.78, 5) is 3.92. The Bertz CT molecular complexity index is 209. The summed E-state index contributed by atoms with van der Waals surface area (Å²) in [5, 5.41) is 6.49. The van der Waals surface area contributed by atoms with Gasteiger partial charge in [0.1, 0.15) is 5.82 Å². The first-order chi connectivity index (χ1) is 4.74. The number of nitrogens with two attached hydrogens (primary N) is 1. The van der Waals surface area contributed by atoms with Crippen LogP contribution in [0.1, 0.15) is 24.4 Å². The van der Waals surface area contributed by atoms with Crippen molar-refractivity contribution in [1.29, 1.82) is 0 Å². The Morgan fingerprint density at radius 2 is 2.50 bits per heavy atom. The van der Waals surface area contributed by atoms with Crippen molar-refractivity contribution < 1.29 is 0 Å². The highest BCUT2D eigenvalue weighted by molar-refractivity contribution is 7.80. The zero-order valence-corrected chi connectivity index (χ0v) is 6.60. The van der Waals surface area contributed by atoms with Crippen LogP contribution in [0.4, 0.5) is 5.95 Å². The number of rotatable bonds is 2. The highest BCUT2D eigenvalue weighted by Crippen LogP contribution is 2.18. The summed E-state index contributed by atoms with van der Waals surface area (Å²) in [6, 6.07) is 0. The third-order valence-electron chi connectivity index (χ3n) is 1.22. The lowest BCUT2D eigenvalue weighted by atomic mass is 10.3. The molecule has 1 atom stereocenters. The van der Waals surface area contributed by atoms with E-state index in [2.05, 4.69) is 27.8 Å². The third kappa shape index (κ3) is 1.41. The second-order valence-electron chi connectivity index (χ2n) is 2.00. The molecule has 1 rings (SSSR count). The minimum absolute atomic E-state index is 0.116. The van der Waals surface area contributed by atoms with Crippen LogP contribution in [0, 0.1) is 0 Å². The Morgan fingerprint density at radius 3 is 2.90 bits per heavy atom. The SMILES string of the molecule is CCC(S)c1nc(N)n[nH]1. The topological polar surface area (TPSA) is 67.6 Å². The molecule has 1 aromatic heterocycles. The van der Waals surface area contributed by atoms with Gasteiger partial charge in [0.05, 0.1) is 5.25 Å². The van der Waals surface area contributed by atoms with Gasteiger partial charge in [0.25, 0.3) is 0 Å². The van der Waals surface area contributed by atoms with Crippen LogP contribution in [0.15, 0.2) is 0 Å². The predicted molar refractivity (Wildman–Crippen MR) is 42.8 cm³/mol. The van der Waals surface area contributed by atoms with Gasteiger partial charge in [0.2, 0.25) is 5.95 Å². The van der Waals surface area contributed by atoms with Crippen molar-refractivity contribution >= 4 is 18.6 Å². The van der Waals surface area contributed by atoms with Gasteiger partial charge in [-0.15, -0.1) is 5.10 Å². The fourth-order valence-corrected chi connectivity index (χ4v) is 0.746. The van der Waals surface area contributed by atoms with E-state index in [1.165, 1.54) is 0 Å². The Balaban J connectivity index is 2.74. The van der Waals surface area contributed by atoms with Gasteiger partial charge in [0, 0.05) is 0 Å². The number of hydrogen-bond acceptors (Lipinski definition) is 4. The Hall–Kier alpha value is -0.710. The molecule has 1 heterocycles. The summed E-state index contributed by atoms with van der Waals surface area (Å²) in [7, 11) is 0. The molecule has 0 amide bonds. The van der Waals surface area contributed by atoms with E-state index >= 15 is 0 Å². The van der Waals surface area contributed by atoms with Crippen LogP contribution >= 0.6 is 12.6 Å². The van der Waals surface area contributed by atoms with Crippen LogP contribution in [-0.4, -0.2) is 15.2 Å². The van der Waals surface area contributed by atoms with Crippen LogP contribution in [-0.2, 0) is 0 Å². The summed E-state index contributed by atoms with van der Waals surface area (Å²) >= 11 is 4.24. The minimum Gasteiger partial charge on any atom is -0.367 e. The smallest absolute Gasteiger partial charge is 0.239 e. The van der Waals surface area contributed by atoms with Crippen LogP contribution in [0.25, 0.3) is 0 Å². The van der Waals surface area contributed by atoms with Crippen molar-refractivity contribution in [2.24, 2.45) is 0 Å². The largest absolute Gasteiger partial charge is 0.367 e. The van der Waals surface area contributed by atoms with Crippen LogP contribution in [0.3, 0.4) is 0 Å². The minimum atomic E-state index is 0.116. The normalized spacial score (nSPS) is 13.4. The van der Waals surface area contributed by atoms with E-state index in [4.69, 9.17) is 5.73 Å². The molecule has 0 saturated heterocycles. The van der Waals surface area contributed by atoms with E-state index in [0.717, 1.165) is 12.2 Å². The number of anilines is 1. The van der Waals surface area contributed by atoms with Gasteiger partial charge in [-0.05, 0) is 6.42 Å². The molecule has 1 unspecified atom stereocenters. The molecule has 1 aromatic rings. The first kappa shape index (κ1) is 7.40. The fraction of sp³-hybridized carbons (Fsp3) is 0.600. The fourth-order valence-electron chi connectivity index (χ4n) is 0.630. The highest BCUT2D eigenvalue weighted by atomic mass is 32.1. The average molecular weight is 158 g/mol. The molecule has 3 N–H and O–H groups in total. The van der Waals surface area contributed by atoms with E-state index in [-0.39, 0.29) is 11.2 Å². The maximum absolute atomic E-state index is 5.28. The summed E-state index contributed by atoms with van der Waals surface area (Å²) in [5.41, 5.74) is 5.28. The number of aromatic amines is 1. The second-order valence-corrected chi connectivity index (χ2v) is 2.63. The molecule has 10 heavy (non-hydrogen) atoms. The Morgan fingerprint density at radius 1 is 1.80 bits per heavy atom. The molecule has 0 aliphatic rings. The van der Waals surface area contributed by atoms with Gasteiger partial charge >= 0.3 is 0 Å². The van der Waals surface area contributed by atoms with E-state index in [1.54, 1.807) is 0 Å². The molecule has 0 bridgehead atoms. The molecule has 0 aliphatic carbocycles. The van der Waals surface area contributed by atoms with E-state index in [1.807, 2.05) is 6.92 Å². The lowest BCUT2D eigenvalue weighted by Gasteiger charge is -1.99. The van der Waals surface area contributed by atoms with Crippen molar-refractivity contribution in [1.82, 2.24) is 15.2 Å². The van der Waals surface area contributed by atoms with Crippen LogP contribution in [0.5, 0.6) is 0 Å². The van der Waals surface area contributed by atoms with Gasteiger partial charge in [0.15, 0.2) is 0 Å². The summed E-state index contributed by atoms with van der Waals surface area (Å²) < 4.78 is 0. The number of hydrogen-bond donors (Lipinski definition) is 3. The molecule has 0 saturated carbocycles. The summed E-state index contributed by atoms with van der Waals surface area (Å²) in [6.07, 6.45) is 0.914. The van der Waals surface area contributed by atoms with Gasteiger partial charge in [-0.1, -0.05) is 6.92 Å². The standard InChI is InChI=1S/C5H10N4S/c1-2-3(10)4-7-5(6)9-8-4/h3,10H,2H2,1H3,(H3,6,7,8,9). The zero-order chi connectivity index (χ0) is 7.56. The third-order valence-corrected chi connectivity index (χ3v) is 1.83. The number of nitrogens with zero attached hydrogens (tertiary/aromatic N) is 2. The maximum Gasteiger partial charge on any atom is 0.239 e. The van der Waals surface area contributed by atoms with Gasteiger partial charge in [-0.3, -0.25) is 5.10 Å². The van der Waals surface area contributed by atoms with Crippen molar-refractivity contribution in [2.75, 3.05) is 5.73 Å². The summed E-state index contributed by atoms with van der Waals surface area (Å²) in [6.45, 7) is 2.02. The van der Waals surface area contributed by atoms with Crippen molar-refractivity contribution in [3.8, 4) is 0 Å². The zero-order valence-electron chi connectivity index (χ0n) is 5.70. The average Bonchev–Trinajstić information content (AvgIpc) is 2.34. The number of thiol groups is 1. The first-order valence-corrected chi connectivity index (χ1v) is 3.61. The Labute approximate surface area is 64.6 Å². The van der Waals surface area contributed by atoms with Crippen molar-refractivity contribution in [3.63, 3.8) is 0 Å². The molecular formula is C5H10N4S. The first-order valence-electron chi connectivity index (χ1n) is 3.10. The quantitative estimate of drug-likeness (QED) is 0.557. The molecule has 0 aliphatic heterocycles. The highest BCUT2D eigenvalue weighted by Gasteiger charge is 2.07. The predicted octanol–water partition coefficient (Wildman–Crippen LogP) is 0.768. The van der Waals surface area contributed by atoms with Crippen LogP contribution < -0.4 is 5.73 Å². The lowest BCUT2D eigenvalue weighted by molar-refractivity contribution is 0.825. The second kappa shape index (κ2) is 2.92. The van der Waals surface area contributed by atoms with E-state index in [0.29, 0.717) is 0 Å². The lowest BCUT2D eigenvalue weighted by Crippen LogP contribution is -1.91. The molecule has 4 nitrogen and oxygen atoms in total. The molecule has 0 fully saturated rings. The summed E-state index contributed by atoms with van der Waals surface area (Å²) in [5.74, 6) is 1.02. The molecular weight excluding hydrogens is 148 g/mol. The van der Waals surface area contributed by atoms with Gasteiger partial charge in [-0.2, -0.15) is 17.6 Å². The number of aromatic nitrogens is 3. The molecule has 0 radical (unpaired) electrons. The monoisotopic (exact) mass is 158 g/mol. The van der Waals surface area contributed by atoms with Gasteiger partial charge < -0.3 is 5.73 Å².